The number of anilines is 1. The van der Waals surface area contributed by atoms with E-state index in [0.29, 0.717) is 23.6 Å². The zero-order chi connectivity index (χ0) is 14.0. The first kappa shape index (κ1) is 13.4. The molecule has 0 aliphatic rings. The normalized spacial score (nSPS) is 10.6. The van der Waals surface area contributed by atoms with E-state index in [1.165, 1.54) is 6.07 Å². The van der Waals surface area contributed by atoms with E-state index in [1.54, 1.807) is 0 Å². The average molecular weight is 264 g/mol. The molecule has 3 N–H and O–H groups in total. The van der Waals surface area contributed by atoms with Crippen molar-refractivity contribution in [1.82, 2.24) is 9.97 Å². The minimum atomic E-state index is -0.929. The van der Waals surface area contributed by atoms with Crippen LogP contribution in [0.2, 0.25) is 0 Å². The number of nitrogen functional groups attached to an aromatic ring is 1. The number of nitrogens with two attached hydrogens (primary N) is 1. The van der Waals surface area contributed by atoms with E-state index in [2.05, 4.69) is 15.4 Å². The van der Waals surface area contributed by atoms with Gasteiger partial charge in [-0.05, 0) is 31.5 Å². The van der Waals surface area contributed by atoms with Crippen LogP contribution in [-0.2, 0) is 6.42 Å². The molecule has 1 aromatic heterocycles. The third kappa shape index (κ3) is 2.53. The van der Waals surface area contributed by atoms with Gasteiger partial charge in [0.05, 0.1) is 0 Å². The molecule has 0 aliphatic carbocycles. The number of hydrazine groups is 1. The van der Waals surface area contributed by atoms with E-state index in [0.717, 1.165) is 23.4 Å². The number of hydrogen-bond donors (Lipinski definition) is 2. The first-order valence-corrected chi connectivity index (χ1v) is 5.86. The van der Waals surface area contributed by atoms with Crippen LogP contribution >= 0.6 is 0 Å². The summed E-state index contributed by atoms with van der Waals surface area (Å²) >= 11 is 0. The van der Waals surface area contributed by atoms with Gasteiger partial charge in [0.15, 0.2) is 17.5 Å². The summed E-state index contributed by atoms with van der Waals surface area (Å²) in [6.07, 6.45) is 0.694. The molecule has 0 spiro atoms. The van der Waals surface area contributed by atoms with E-state index < -0.39 is 11.6 Å². The topological polar surface area (TPSA) is 63.8 Å². The van der Waals surface area contributed by atoms with Gasteiger partial charge in [-0.2, -0.15) is 0 Å². The van der Waals surface area contributed by atoms with Crippen LogP contribution < -0.4 is 11.3 Å². The molecule has 0 saturated heterocycles. The Balaban J connectivity index is 2.58. The lowest BCUT2D eigenvalue weighted by Gasteiger charge is -2.11. The van der Waals surface area contributed by atoms with E-state index in [1.807, 2.05) is 13.8 Å². The Bertz CT molecular complexity index is 589. The Morgan fingerprint density at radius 3 is 2.53 bits per heavy atom. The van der Waals surface area contributed by atoms with Crippen LogP contribution in [0.25, 0.3) is 11.4 Å². The summed E-state index contributed by atoms with van der Waals surface area (Å²) in [4.78, 5) is 8.55. The summed E-state index contributed by atoms with van der Waals surface area (Å²) in [7, 11) is 0. The maximum atomic E-state index is 13.2. The SMILES string of the molecule is CCc1nc(-c2ccc(F)c(F)c2)nc(NN)c1C. The molecule has 0 fully saturated rings. The van der Waals surface area contributed by atoms with Crippen molar-refractivity contribution >= 4 is 5.82 Å². The fraction of sp³-hybridized carbons (Fsp3) is 0.231. The Morgan fingerprint density at radius 1 is 1.21 bits per heavy atom. The fourth-order valence-electron chi connectivity index (χ4n) is 1.81. The molecule has 0 saturated carbocycles. The molecule has 19 heavy (non-hydrogen) atoms. The molecule has 6 heteroatoms. The van der Waals surface area contributed by atoms with Crippen molar-refractivity contribution in [2.24, 2.45) is 5.84 Å². The monoisotopic (exact) mass is 264 g/mol. The quantitative estimate of drug-likeness (QED) is 0.660. The highest BCUT2D eigenvalue weighted by Crippen LogP contribution is 2.23. The lowest BCUT2D eigenvalue weighted by molar-refractivity contribution is 0.509. The second-order valence-corrected chi connectivity index (χ2v) is 4.09. The molecular formula is C13H14F2N4. The summed E-state index contributed by atoms with van der Waals surface area (Å²) in [6.45, 7) is 3.80. The van der Waals surface area contributed by atoms with Gasteiger partial charge in [0.25, 0.3) is 0 Å². The largest absolute Gasteiger partial charge is 0.308 e. The highest BCUT2D eigenvalue weighted by molar-refractivity contribution is 5.59. The standard InChI is InChI=1S/C13H14F2N4/c1-3-11-7(2)12(19-16)18-13(17-11)8-4-5-9(14)10(15)6-8/h4-6H,3,16H2,1-2H3,(H,17,18,19). The van der Waals surface area contributed by atoms with Crippen molar-refractivity contribution in [2.45, 2.75) is 20.3 Å². The van der Waals surface area contributed by atoms with E-state index in [-0.39, 0.29) is 0 Å². The number of nitrogens with one attached hydrogen (secondary N) is 1. The molecule has 0 amide bonds. The zero-order valence-corrected chi connectivity index (χ0v) is 10.7. The lowest BCUT2D eigenvalue weighted by atomic mass is 10.1. The van der Waals surface area contributed by atoms with Crippen molar-refractivity contribution in [2.75, 3.05) is 5.43 Å². The number of rotatable bonds is 3. The van der Waals surface area contributed by atoms with Crippen LogP contribution in [0.3, 0.4) is 0 Å². The van der Waals surface area contributed by atoms with Gasteiger partial charge < -0.3 is 5.43 Å². The van der Waals surface area contributed by atoms with Crippen molar-refractivity contribution in [3.8, 4) is 11.4 Å². The average Bonchev–Trinajstić information content (AvgIpc) is 2.42. The van der Waals surface area contributed by atoms with Crippen molar-refractivity contribution in [3.63, 3.8) is 0 Å². The predicted octanol–water partition coefficient (Wildman–Crippen LogP) is 2.58. The van der Waals surface area contributed by atoms with Crippen LogP contribution in [0.15, 0.2) is 18.2 Å². The van der Waals surface area contributed by atoms with Gasteiger partial charge in [0.2, 0.25) is 0 Å². The maximum absolute atomic E-state index is 13.2. The number of aromatic nitrogens is 2. The van der Waals surface area contributed by atoms with Crippen molar-refractivity contribution < 1.29 is 8.78 Å². The molecule has 0 atom stereocenters. The van der Waals surface area contributed by atoms with E-state index in [9.17, 15) is 8.78 Å². The smallest absolute Gasteiger partial charge is 0.161 e. The van der Waals surface area contributed by atoms with Gasteiger partial charge in [-0.3, -0.25) is 0 Å². The fourth-order valence-corrected chi connectivity index (χ4v) is 1.81. The third-order valence-corrected chi connectivity index (χ3v) is 2.90. The summed E-state index contributed by atoms with van der Waals surface area (Å²) in [5.41, 5.74) is 4.55. The number of aryl methyl sites for hydroxylation is 1. The van der Waals surface area contributed by atoms with Crippen LogP contribution in [0, 0.1) is 18.6 Å². The molecule has 0 aliphatic heterocycles. The molecule has 0 radical (unpaired) electrons. The number of hydrogen-bond acceptors (Lipinski definition) is 4. The third-order valence-electron chi connectivity index (χ3n) is 2.90. The summed E-state index contributed by atoms with van der Waals surface area (Å²) in [5, 5.41) is 0. The molecule has 0 unspecified atom stereocenters. The van der Waals surface area contributed by atoms with Gasteiger partial charge in [0.1, 0.15) is 5.82 Å². The predicted molar refractivity (Wildman–Crippen MR) is 69.3 cm³/mol. The van der Waals surface area contributed by atoms with Crippen molar-refractivity contribution in [1.29, 1.82) is 0 Å². The number of benzene rings is 1. The Kier molecular flexibility index (Phi) is 3.71. The highest BCUT2D eigenvalue weighted by atomic mass is 19.2. The van der Waals surface area contributed by atoms with Crippen molar-refractivity contribution in [3.05, 3.63) is 41.1 Å². The molecule has 100 valence electrons. The van der Waals surface area contributed by atoms with E-state index in [4.69, 9.17) is 5.84 Å². The first-order chi connectivity index (χ1) is 9.06. The second kappa shape index (κ2) is 5.27. The first-order valence-electron chi connectivity index (χ1n) is 5.86. The molecule has 0 bridgehead atoms. The number of halogens is 2. The number of nitrogens with zero attached hydrogens (tertiary/aromatic N) is 2. The van der Waals surface area contributed by atoms with Gasteiger partial charge in [-0.1, -0.05) is 6.92 Å². The zero-order valence-electron chi connectivity index (χ0n) is 10.7. The Hall–Kier alpha value is -2.08. The van der Waals surface area contributed by atoms with Crippen LogP contribution in [0.1, 0.15) is 18.2 Å². The van der Waals surface area contributed by atoms with Crippen LogP contribution in [0.4, 0.5) is 14.6 Å². The molecular weight excluding hydrogens is 250 g/mol. The second-order valence-electron chi connectivity index (χ2n) is 4.09. The Morgan fingerprint density at radius 2 is 1.95 bits per heavy atom. The lowest BCUT2D eigenvalue weighted by Crippen LogP contribution is -2.13. The maximum Gasteiger partial charge on any atom is 0.161 e. The summed E-state index contributed by atoms with van der Waals surface area (Å²) in [6, 6.07) is 3.55. The molecule has 2 rings (SSSR count). The van der Waals surface area contributed by atoms with Gasteiger partial charge in [0, 0.05) is 16.8 Å². The van der Waals surface area contributed by atoms with Gasteiger partial charge in [-0.15, -0.1) is 0 Å². The minimum absolute atomic E-state index is 0.314. The summed E-state index contributed by atoms with van der Waals surface area (Å²) in [5.74, 6) is 4.37. The minimum Gasteiger partial charge on any atom is -0.308 e. The van der Waals surface area contributed by atoms with E-state index >= 15 is 0 Å². The van der Waals surface area contributed by atoms with Gasteiger partial charge >= 0.3 is 0 Å². The van der Waals surface area contributed by atoms with Gasteiger partial charge in [-0.25, -0.2) is 24.6 Å². The molecule has 1 aromatic carbocycles. The molecule has 1 heterocycles. The molecule has 2 aromatic rings. The summed E-state index contributed by atoms with van der Waals surface area (Å²) < 4.78 is 26.2. The highest BCUT2D eigenvalue weighted by Gasteiger charge is 2.12. The molecule has 4 nitrogen and oxygen atoms in total. The van der Waals surface area contributed by atoms with Crippen LogP contribution in [-0.4, -0.2) is 9.97 Å². The Labute approximate surface area is 109 Å². The van der Waals surface area contributed by atoms with Crippen LogP contribution in [0.5, 0.6) is 0 Å².